The van der Waals surface area contributed by atoms with Crippen molar-refractivity contribution in [1.82, 2.24) is 0 Å². The Kier molecular flexibility index (Phi) is 3.63. The van der Waals surface area contributed by atoms with Crippen molar-refractivity contribution in [2.24, 2.45) is 5.73 Å². The van der Waals surface area contributed by atoms with Gasteiger partial charge in [0.2, 0.25) is 0 Å². The smallest absolute Gasteiger partial charge is 0.123 e. The van der Waals surface area contributed by atoms with Gasteiger partial charge < -0.3 is 11.1 Å². The Bertz CT molecular complexity index is 552. The van der Waals surface area contributed by atoms with Crippen molar-refractivity contribution >= 4 is 5.69 Å². The van der Waals surface area contributed by atoms with E-state index in [-0.39, 0.29) is 11.9 Å². The molecule has 2 rings (SSSR count). The van der Waals surface area contributed by atoms with Gasteiger partial charge in [0.05, 0.1) is 6.04 Å². The maximum atomic E-state index is 13.2. The van der Waals surface area contributed by atoms with Crippen LogP contribution in [0.2, 0.25) is 0 Å². The highest BCUT2D eigenvalue weighted by molar-refractivity contribution is 5.56. The Hall–Kier alpha value is -1.87. The molecule has 0 bridgehead atoms. The Morgan fingerprint density at radius 2 is 1.94 bits per heavy atom. The maximum absolute atomic E-state index is 13.2. The lowest BCUT2D eigenvalue weighted by Gasteiger charge is -2.17. The number of anilines is 1. The molecule has 0 aliphatic heterocycles. The van der Waals surface area contributed by atoms with E-state index in [4.69, 9.17) is 5.73 Å². The molecule has 2 nitrogen and oxygen atoms in total. The monoisotopic (exact) mass is 244 g/mol. The minimum atomic E-state index is -0.330. The van der Waals surface area contributed by atoms with E-state index in [1.165, 1.54) is 12.1 Å². The first-order valence-corrected chi connectivity index (χ1v) is 5.91. The zero-order valence-electron chi connectivity index (χ0n) is 10.6. The largest absolute Gasteiger partial charge is 0.388 e. The first-order chi connectivity index (χ1) is 8.61. The normalized spacial score (nSPS) is 12.2. The second kappa shape index (κ2) is 5.19. The highest BCUT2D eigenvalue weighted by atomic mass is 19.1. The quantitative estimate of drug-likeness (QED) is 0.870. The van der Waals surface area contributed by atoms with Crippen LogP contribution in [0, 0.1) is 12.7 Å². The van der Waals surface area contributed by atoms with Crippen molar-refractivity contribution in [3.63, 3.8) is 0 Å². The number of nitrogens with one attached hydrogen (secondary N) is 1. The van der Waals surface area contributed by atoms with Gasteiger partial charge in [-0.05, 0) is 41.8 Å². The minimum Gasteiger partial charge on any atom is -0.388 e. The standard InChI is InChI=1S/C15H17FN2/c1-10-6-7-13(14(8-10)18-2)15(17)11-4-3-5-12(16)9-11/h3-9,15,18H,17H2,1-2H3. The average Bonchev–Trinajstić information content (AvgIpc) is 2.37. The van der Waals surface area contributed by atoms with Crippen LogP contribution in [0.25, 0.3) is 0 Å². The predicted molar refractivity (Wildman–Crippen MR) is 73.2 cm³/mol. The molecular weight excluding hydrogens is 227 g/mol. The molecule has 2 aromatic carbocycles. The molecule has 0 aliphatic carbocycles. The van der Waals surface area contributed by atoms with Gasteiger partial charge in [0.15, 0.2) is 0 Å². The third-order valence-corrected chi connectivity index (χ3v) is 3.02. The van der Waals surface area contributed by atoms with Crippen LogP contribution in [0.3, 0.4) is 0 Å². The molecule has 1 atom stereocenters. The molecule has 94 valence electrons. The zero-order chi connectivity index (χ0) is 13.1. The molecule has 0 aromatic heterocycles. The lowest BCUT2D eigenvalue weighted by Crippen LogP contribution is -2.14. The summed E-state index contributed by atoms with van der Waals surface area (Å²) in [7, 11) is 1.86. The molecule has 0 amide bonds. The van der Waals surface area contributed by atoms with Crippen molar-refractivity contribution in [2.75, 3.05) is 12.4 Å². The molecule has 1 unspecified atom stereocenters. The number of nitrogens with two attached hydrogens (primary N) is 1. The van der Waals surface area contributed by atoms with E-state index >= 15 is 0 Å². The fraction of sp³-hybridized carbons (Fsp3) is 0.200. The van der Waals surface area contributed by atoms with Gasteiger partial charge in [-0.25, -0.2) is 4.39 Å². The highest BCUT2D eigenvalue weighted by Crippen LogP contribution is 2.27. The highest BCUT2D eigenvalue weighted by Gasteiger charge is 2.13. The molecular formula is C15H17FN2. The lowest BCUT2D eigenvalue weighted by atomic mass is 9.97. The predicted octanol–water partition coefficient (Wildman–Crippen LogP) is 3.22. The van der Waals surface area contributed by atoms with Gasteiger partial charge in [0.1, 0.15) is 5.82 Å². The average molecular weight is 244 g/mol. The van der Waals surface area contributed by atoms with Crippen LogP contribution in [-0.4, -0.2) is 7.05 Å². The van der Waals surface area contributed by atoms with E-state index in [0.717, 1.165) is 22.4 Å². The first-order valence-electron chi connectivity index (χ1n) is 5.91. The third-order valence-electron chi connectivity index (χ3n) is 3.02. The molecule has 3 N–H and O–H groups in total. The van der Waals surface area contributed by atoms with Crippen molar-refractivity contribution in [3.05, 3.63) is 65.0 Å². The summed E-state index contributed by atoms with van der Waals surface area (Å²) in [5.74, 6) is -0.263. The van der Waals surface area contributed by atoms with Gasteiger partial charge >= 0.3 is 0 Å². The number of rotatable bonds is 3. The Balaban J connectivity index is 2.42. The van der Waals surface area contributed by atoms with Crippen LogP contribution >= 0.6 is 0 Å². The number of hydrogen-bond donors (Lipinski definition) is 2. The molecule has 3 heteroatoms. The van der Waals surface area contributed by atoms with Crippen molar-refractivity contribution in [2.45, 2.75) is 13.0 Å². The van der Waals surface area contributed by atoms with Gasteiger partial charge in [0, 0.05) is 12.7 Å². The Morgan fingerprint density at radius 3 is 2.61 bits per heavy atom. The minimum absolute atomic E-state index is 0.263. The van der Waals surface area contributed by atoms with E-state index in [1.807, 2.05) is 38.2 Å². The van der Waals surface area contributed by atoms with Crippen LogP contribution < -0.4 is 11.1 Å². The van der Waals surface area contributed by atoms with Crippen LogP contribution in [0.15, 0.2) is 42.5 Å². The van der Waals surface area contributed by atoms with Gasteiger partial charge in [-0.2, -0.15) is 0 Å². The van der Waals surface area contributed by atoms with Crippen LogP contribution in [0.5, 0.6) is 0 Å². The SMILES string of the molecule is CNc1cc(C)ccc1C(N)c1cccc(F)c1. The topological polar surface area (TPSA) is 38.0 Å². The molecule has 2 aromatic rings. The maximum Gasteiger partial charge on any atom is 0.123 e. The second-order valence-corrected chi connectivity index (χ2v) is 4.37. The molecule has 18 heavy (non-hydrogen) atoms. The summed E-state index contributed by atoms with van der Waals surface area (Å²) in [6, 6.07) is 12.1. The van der Waals surface area contributed by atoms with Gasteiger partial charge in [0.25, 0.3) is 0 Å². The molecule has 0 aliphatic rings. The van der Waals surface area contributed by atoms with Crippen molar-refractivity contribution in [1.29, 1.82) is 0 Å². The second-order valence-electron chi connectivity index (χ2n) is 4.37. The van der Waals surface area contributed by atoms with Gasteiger partial charge in [-0.1, -0.05) is 24.3 Å². The molecule has 0 radical (unpaired) electrons. The summed E-state index contributed by atoms with van der Waals surface area (Å²) in [6.45, 7) is 2.03. The van der Waals surface area contributed by atoms with Crippen LogP contribution in [-0.2, 0) is 0 Å². The zero-order valence-corrected chi connectivity index (χ0v) is 10.6. The fourth-order valence-corrected chi connectivity index (χ4v) is 2.04. The van der Waals surface area contributed by atoms with Gasteiger partial charge in [-0.15, -0.1) is 0 Å². The first kappa shape index (κ1) is 12.6. The Morgan fingerprint density at radius 1 is 1.17 bits per heavy atom. The van der Waals surface area contributed by atoms with Gasteiger partial charge in [-0.3, -0.25) is 0 Å². The molecule has 0 saturated carbocycles. The Labute approximate surface area is 107 Å². The fourth-order valence-electron chi connectivity index (χ4n) is 2.04. The van der Waals surface area contributed by atoms with E-state index in [1.54, 1.807) is 6.07 Å². The molecule has 0 saturated heterocycles. The molecule has 0 heterocycles. The summed E-state index contributed by atoms with van der Waals surface area (Å²) in [6.07, 6.45) is 0. The summed E-state index contributed by atoms with van der Waals surface area (Å²) in [5.41, 5.74) is 10.1. The number of halogens is 1. The van der Waals surface area contributed by atoms with E-state index in [9.17, 15) is 4.39 Å². The third kappa shape index (κ3) is 2.51. The van der Waals surface area contributed by atoms with Crippen LogP contribution in [0.1, 0.15) is 22.7 Å². The van der Waals surface area contributed by atoms with Crippen molar-refractivity contribution < 1.29 is 4.39 Å². The van der Waals surface area contributed by atoms with Crippen LogP contribution in [0.4, 0.5) is 10.1 Å². The number of benzene rings is 2. The summed E-state index contributed by atoms with van der Waals surface area (Å²) in [4.78, 5) is 0. The van der Waals surface area contributed by atoms with E-state index in [0.29, 0.717) is 0 Å². The molecule has 0 fully saturated rings. The summed E-state index contributed by atoms with van der Waals surface area (Å²) >= 11 is 0. The lowest BCUT2D eigenvalue weighted by molar-refractivity contribution is 0.623. The van der Waals surface area contributed by atoms with Crippen molar-refractivity contribution in [3.8, 4) is 0 Å². The summed E-state index contributed by atoms with van der Waals surface area (Å²) in [5, 5.41) is 3.13. The van der Waals surface area contributed by atoms with E-state index in [2.05, 4.69) is 5.32 Å². The summed E-state index contributed by atoms with van der Waals surface area (Å²) < 4.78 is 13.2. The number of hydrogen-bond acceptors (Lipinski definition) is 2. The van der Waals surface area contributed by atoms with E-state index < -0.39 is 0 Å². The number of aryl methyl sites for hydroxylation is 1. The molecule has 0 spiro atoms.